The molecule has 2 atom stereocenters. The molecule has 1 aromatic rings. The van der Waals surface area contributed by atoms with Crippen LogP contribution in [0.3, 0.4) is 0 Å². The first kappa shape index (κ1) is 12.3. The summed E-state index contributed by atoms with van der Waals surface area (Å²) >= 11 is 0. The third kappa shape index (κ3) is 3.18. The molecule has 0 spiro atoms. The van der Waals surface area contributed by atoms with Gasteiger partial charge in [0.2, 0.25) is 0 Å². The number of rotatable bonds is 3. The van der Waals surface area contributed by atoms with Gasteiger partial charge in [-0.25, -0.2) is 4.39 Å². The number of nitrogens with one attached hydrogen (secondary N) is 1. The molecular weight excluding hydrogens is 215 g/mol. The Kier molecular flexibility index (Phi) is 3.97. The van der Waals surface area contributed by atoms with Gasteiger partial charge in [-0.05, 0) is 24.7 Å². The summed E-state index contributed by atoms with van der Waals surface area (Å²) in [6.45, 7) is 4.54. The summed E-state index contributed by atoms with van der Waals surface area (Å²) in [6, 6.07) is 1.99. The first-order chi connectivity index (χ1) is 8.16. The zero-order chi connectivity index (χ0) is 12.3. The van der Waals surface area contributed by atoms with Crippen LogP contribution in [-0.2, 0) is 0 Å². The van der Waals surface area contributed by atoms with Crippen LogP contribution in [0.15, 0.2) is 18.5 Å². The highest BCUT2D eigenvalue weighted by Gasteiger charge is 2.27. The standard InChI is InChI=1S/C14H21FN2/c1-10(2)13-5-3-4-6-14(13)17-12-7-11(15)8-16-9-12/h7-10,13-14,17H,3-6H2,1-2H3. The van der Waals surface area contributed by atoms with Crippen LogP contribution in [0.2, 0.25) is 0 Å². The van der Waals surface area contributed by atoms with E-state index in [0.717, 1.165) is 5.69 Å². The van der Waals surface area contributed by atoms with Crippen molar-refractivity contribution in [2.24, 2.45) is 11.8 Å². The zero-order valence-electron chi connectivity index (χ0n) is 10.6. The van der Waals surface area contributed by atoms with Gasteiger partial charge in [-0.1, -0.05) is 26.7 Å². The maximum atomic E-state index is 13.1. The lowest BCUT2D eigenvalue weighted by molar-refractivity contribution is 0.253. The lowest BCUT2D eigenvalue weighted by Gasteiger charge is -2.35. The molecule has 1 aliphatic rings. The lowest BCUT2D eigenvalue weighted by atomic mass is 9.78. The van der Waals surface area contributed by atoms with Crippen molar-refractivity contribution in [1.82, 2.24) is 4.98 Å². The van der Waals surface area contributed by atoms with E-state index in [1.165, 1.54) is 37.9 Å². The maximum Gasteiger partial charge on any atom is 0.143 e. The summed E-state index contributed by atoms with van der Waals surface area (Å²) in [5.41, 5.74) is 0.808. The molecule has 1 heterocycles. The van der Waals surface area contributed by atoms with Gasteiger partial charge in [0.25, 0.3) is 0 Å². The predicted octanol–water partition coefficient (Wildman–Crippen LogP) is 3.85. The molecule has 0 bridgehead atoms. The van der Waals surface area contributed by atoms with E-state index in [4.69, 9.17) is 0 Å². The summed E-state index contributed by atoms with van der Waals surface area (Å²) < 4.78 is 13.1. The van der Waals surface area contributed by atoms with Crippen LogP contribution in [0.4, 0.5) is 10.1 Å². The molecule has 0 saturated heterocycles. The second-order valence-electron chi connectivity index (χ2n) is 5.33. The molecule has 1 saturated carbocycles. The highest BCUT2D eigenvalue weighted by Crippen LogP contribution is 2.32. The highest BCUT2D eigenvalue weighted by atomic mass is 19.1. The van der Waals surface area contributed by atoms with E-state index in [2.05, 4.69) is 24.1 Å². The Morgan fingerprint density at radius 2 is 2.06 bits per heavy atom. The van der Waals surface area contributed by atoms with Gasteiger partial charge in [0.1, 0.15) is 5.82 Å². The summed E-state index contributed by atoms with van der Waals surface area (Å²) in [5, 5.41) is 3.45. The van der Waals surface area contributed by atoms with Gasteiger partial charge in [0.15, 0.2) is 0 Å². The van der Waals surface area contributed by atoms with Crippen LogP contribution in [0, 0.1) is 17.7 Å². The van der Waals surface area contributed by atoms with Crippen LogP contribution >= 0.6 is 0 Å². The fourth-order valence-electron chi connectivity index (χ4n) is 2.84. The number of hydrogen-bond donors (Lipinski definition) is 1. The van der Waals surface area contributed by atoms with E-state index >= 15 is 0 Å². The van der Waals surface area contributed by atoms with Gasteiger partial charge >= 0.3 is 0 Å². The first-order valence-electron chi connectivity index (χ1n) is 6.54. The summed E-state index contributed by atoms with van der Waals surface area (Å²) in [6.07, 6.45) is 7.99. The molecule has 0 aliphatic heterocycles. The highest BCUT2D eigenvalue weighted by molar-refractivity contribution is 5.41. The summed E-state index contributed by atoms with van der Waals surface area (Å²) in [4.78, 5) is 3.88. The molecule has 17 heavy (non-hydrogen) atoms. The third-order valence-electron chi connectivity index (χ3n) is 3.73. The fourth-order valence-corrected chi connectivity index (χ4v) is 2.84. The topological polar surface area (TPSA) is 24.9 Å². The minimum atomic E-state index is -0.271. The van der Waals surface area contributed by atoms with Gasteiger partial charge in [0, 0.05) is 12.1 Å². The molecule has 1 fully saturated rings. The Labute approximate surface area is 103 Å². The van der Waals surface area contributed by atoms with E-state index in [0.29, 0.717) is 17.9 Å². The Bertz CT molecular complexity index is 365. The van der Waals surface area contributed by atoms with E-state index < -0.39 is 0 Å². The smallest absolute Gasteiger partial charge is 0.143 e. The summed E-state index contributed by atoms with van der Waals surface area (Å²) in [7, 11) is 0. The number of pyridine rings is 1. The monoisotopic (exact) mass is 236 g/mol. The van der Waals surface area contributed by atoms with Gasteiger partial charge in [0.05, 0.1) is 18.1 Å². The molecule has 2 rings (SSSR count). The second kappa shape index (κ2) is 5.48. The molecular formula is C14H21FN2. The molecule has 1 aromatic heterocycles. The van der Waals surface area contributed by atoms with Crippen molar-refractivity contribution >= 4 is 5.69 Å². The lowest BCUT2D eigenvalue weighted by Crippen LogP contribution is -2.35. The molecule has 0 aromatic carbocycles. The minimum absolute atomic E-state index is 0.271. The largest absolute Gasteiger partial charge is 0.381 e. The molecule has 94 valence electrons. The van der Waals surface area contributed by atoms with Crippen molar-refractivity contribution in [3.05, 3.63) is 24.3 Å². The average molecular weight is 236 g/mol. The van der Waals surface area contributed by atoms with Crippen molar-refractivity contribution < 1.29 is 4.39 Å². The predicted molar refractivity (Wildman–Crippen MR) is 68.4 cm³/mol. The molecule has 0 amide bonds. The summed E-state index contributed by atoms with van der Waals surface area (Å²) in [5.74, 6) is 1.09. The number of halogens is 1. The fraction of sp³-hybridized carbons (Fsp3) is 0.643. The van der Waals surface area contributed by atoms with Crippen molar-refractivity contribution in [2.75, 3.05) is 5.32 Å². The normalized spacial score (nSPS) is 24.9. The number of nitrogens with zero attached hydrogens (tertiary/aromatic N) is 1. The quantitative estimate of drug-likeness (QED) is 0.862. The van der Waals surface area contributed by atoms with Gasteiger partial charge < -0.3 is 5.32 Å². The van der Waals surface area contributed by atoms with Crippen molar-refractivity contribution in [2.45, 2.75) is 45.6 Å². The van der Waals surface area contributed by atoms with Crippen molar-refractivity contribution in [1.29, 1.82) is 0 Å². The third-order valence-corrected chi connectivity index (χ3v) is 3.73. The Hall–Kier alpha value is -1.12. The first-order valence-corrected chi connectivity index (χ1v) is 6.54. The molecule has 2 nitrogen and oxygen atoms in total. The van der Waals surface area contributed by atoms with Crippen LogP contribution < -0.4 is 5.32 Å². The van der Waals surface area contributed by atoms with Gasteiger partial charge in [-0.15, -0.1) is 0 Å². The maximum absolute atomic E-state index is 13.1. The Morgan fingerprint density at radius 1 is 1.29 bits per heavy atom. The number of anilines is 1. The van der Waals surface area contributed by atoms with E-state index in [1.807, 2.05) is 0 Å². The van der Waals surface area contributed by atoms with Crippen LogP contribution in [-0.4, -0.2) is 11.0 Å². The molecule has 1 N–H and O–H groups in total. The van der Waals surface area contributed by atoms with Crippen molar-refractivity contribution in [3.63, 3.8) is 0 Å². The Morgan fingerprint density at radius 3 is 2.76 bits per heavy atom. The van der Waals surface area contributed by atoms with E-state index in [9.17, 15) is 4.39 Å². The van der Waals surface area contributed by atoms with Crippen LogP contribution in [0.5, 0.6) is 0 Å². The van der Waals surface area contributed by atoms with Gasteiger partial charge in [-0.3, -0.25) is 4.98 Å². The Balaban J connectivity index is 2.05. The number of hydrogen-bond acceptors (Lipinski definition) is 2. The van der Waals surface area contributed by atoms with E-state index in [1.54, 1.807) is 6.20 Å². The zero-order valence-corrected chi connectivity index (χ0v) is 10.6. The second-order valence-corrected chi connectivity index (χ2v) is 5.33. The number of aromatic nitrogens is 1. The minimum Gasteiger partial charge on any atom is -0.381 e. The SMILES string of the molecule is CC(C)C1CCCCC1Nc1cncc(F)c1. The molecule has 2 unspecified atom stereocenters. The molecule has 3 heteroatoms. The average Bonchev–Trinajstić information content (AvgIpc) is 2.29. The van der Waals surface area contributed by atoms with Crippen LogP contribution in [0.25, 0.3) is 0 Å². The van der Waals surface area contributed by atoms with Gasteiger partial charge in [-0.2, -0.15) is 0 Å². The molecule has 0 radical (unpaired) electrons. The van der Waals surface area contributed by atoms with Crippen molar-refractivity contribution in [3.8, 4) is 0 Å². The van der Waals surface area contributed by atoms with Crippen LogP contribution in [0.1, 0.15) is 39.5 Å². The molecule has 1 aliphatic carbocycles. The van der Waals surface area contributed by atoms with E-state index in [-0.39, 0.29) is 5.82 Å².